The third-order valence-electron chi connectivity index (χ3n) is 3.23. The quantitative estimate of drug-likeness (QED) is 0.314. The van der Waals surface area contributed by atoms with Gasteiger partial charge in [0.2, 0.25) is 0 Å². The van der Waals surface area contributed by atoms with Crippen molar-refractivity contribution in [2.75, 3.05) is 39.5 Å². The second-order valence-corrected chi connectivity index (χ2v) is 9.23. The van der Waals surface area contributed by atoms with E-state index >= 15 is 0 Å². The fourth-order valence-corrected chi connectivity index (χ4v) is 6.04. The average molecular weight is 640 g/mol. The van der Waals surface area contributed by atoms with Crippen LogP contribution in [-0.4, -0.2) is 58.6 Å². The third kappa shape index (κ3) is 7.88. The van der Waals surface area contributed by atoms with E-state index in [4.69, 9.17) is 11.3 Å². The Kier molecular flexibility index (Phi) is 12.8. The van der Waals surface area contributed by atoms with Crippen LogP contribution in [-0.2, 0) is 11.3 Å². The Balaban J connectivity index is 0.000000615. The fourth-order valence-electron chi connectivity index (χ4n) is 2.17. The molecule has 1 aromatic carbocycles. The van der Waals surface area contributed by atoms with Gasteiger partial charge in [-0.05, 0) is 0 Å². The monoisotopic (exact) mass is 637 g/mol. The predicted molar refractivity (Wildman–Crippen MR) is 109 cm³/mol. The third-order valence-corrected chi connectivity index (χ3v) is 7.81. The zero-order valence-electron chi connectivity index (χ0n) is 12.3. The minimum absolute atomic E-state index is 0.656. The standard InChI is InChI=1S/C14H17GeNO3.2Br2/c1-2-4-14(5-3-1)6-7-15-17-11-8-16(9-12-18-15)10-13-19-15;2*1-2/h1-5H,8-13H2;;. The van der Waals surface area contributed by atoms with Crippen molar-refractivity contribution in [2.45, 2.75) is 0 Å². The molecule has 9 heteroatoms. The van der Waals surface area contributed by atoms with Gasteiger partial charge >= 0.3 is 116 Å². The summed E-state index contributed by atoms with van der Waals surface area (Å²) in [5.74, 6) is 3.15. The van der Waals surface area contributed by atoms with Crippen LogP contribution in [0.15, 0.2) is 30.3 Å². The molecule has 3 aliphatic rings. The van der Waals surface area contributed by atoms with Crippen LogP contribution in [0.3, 0.4) is 0 Å². The summed E-state index contributed by atoms with van der Waals surface area (Å²) in [7, 11) is 0. The zero-order valence-corrected chi connectivity index (χ0v) is 20.8. The molecule has 0 atom stereocenters. The van der Waals surface area contributed by atoms with Crippen LogP contribution in [0.25, 0.3) is 0 Å². The fraction of sp³-hybridized carbons (Fsp3) is 0.429. The van der Waals surface area contributed by atoms with Crippen molar-refractivity contribution < 1.29 is 11.3 Å². The Morgan fingerprint density at radius 3 is 1.78 bits per heavy atom. The number of fused-ring (bicyclic) bond motifs is 6. The van der Waals surface area contributed by atoms with E-state index in [-0.39, 0.29) is 0 Å². The Labute approximate surface area is 171 Å². The molecule has 4 rings (SSSR count). The summed E-state index contributed by atoms with van der Waals surface area (Å²) in [5, 5.41) is 0. The van der Waals surface area contributed by atoms with Gasteiger partial charge in [-0.2, -0.15) is 0 Å². The molecule has 0 aromatic heterocycles. The second-order valence-electron chi connectivity index (χ2n) is 4.56. The van der Waals surface area contributed by atoms with Crippen LogP contribution in [0.4, 0.5) is 0 Å². The van der Waals surface area contributed by atoms with Gasteiger partial charge in [-0.1, -0.05) is 0 Å². The van der Waals surface area contributed by atoms with Gasteiger partial charge in [0, 0.05) is 56.5 Å². The van der Waals surface area contributed by atoms with Gasteiger partial charge in [0.15, 0.2) is 0 Å². The van der Waals surface area contributed by atoms with Crippen molar-refractivity contribution in [3.05, 3.63) is 35.9 Å². The first-order chi connectivity index (χ1) is 11.4. The predicted octanol–water partition coefficient (Wildman–Crippen LogP) is 4.28. The molecule has 0 aliphatic carbocycles. The van der Waals surface area contributed by atoms with Crippen molar-refractivity contribution in [2.24, 2.45) is 0 Å². The summed E-state index contributed by atoms with van der Waals surface area (Å²) in [6.45, 7) is 4.82. The molecule has 0 N–H and O–H groups in total. The molecule has 0 unspecified atom stereocenters. The number of benzene rings is 1. The average Bonchev–Trinajstić information content (AvgIpc) is 2.58. The van der Waals surface area contributed by atoms with Gasteiger partial charge < -0.3 is 0 Å². The first kappa shape index (κ1) is 22.1. The molecule has 128 valence electrons. The molecule has 0 saturated carbocycles. The van der Waals surface area contributed by atoms with E-state index in [1.165, 1.54) is 0 Å². The molecule has 4 nitrogen and oxygen atoms in total. The number of halogens is 4. The normalized spacial score (nSPS) is 25.8. The first-order valence-corrected chi connectivity index (χ1v) is 17.9. The number of hydrogen-bond acceptors (Lipinski definition) is 4. The topological polar surface area (TPSA) is 30.9 Å². The Morgan fingerprint density at radius 1 is 0.826 bits per heavy atom. The van der Waals surface area contributed by atoms with Crippen LogP contribution in [0.5, 0.6) is 0 Å². The van der Waals surface area contributed by atoms with Gasteiger partial charge in [0.25, 0.3) is 0 Å². The molecule has 3 saturated heterocycles. The van der Waals surface area contributed by atoms with E-state index in [9.17, 15) is 0 Å². The Hall–Kier alpha value is 1.08. The van der Waals surface area contributed by atoms with E-state index in [0.717, 1.165) is 25.2 Å². The van der Waals surface area contributed by atoms with Crippen molar-refractivity contribution in [1.29, 1.82) is 0 Å². The molecule has 2 bridgehead atoms. The van der Waals surface area contributed by atoms with Gasteiger partial charge in [0.1, 0.15) is 0 Å². The molecule has 23 heavy (non-hydrogen) atoms. The molecule has 0 radical (unpaired) electrons. The molecule has 0 spiro atoms. The van der Waals surface area contributed by atoms with E-state index < -0.39 is 14.3 Å². The Bertz CT molecular complexity index is 471. The number of nitrogens with zero attached hydrogens (tertiary/aromatic N) is 1. The summed E-state index contributed by atoms with van der Waals surface area (Å²) in [6.07, 6.45) is 0. The number of hydrogen-bond donors (Lipinski definition) is 0. The number of rotatable bonds is 0. The van der Waals surface area contributed by atoms with Crippen molar-refractivity contribution in [1.82, 2.24) is 4.90 Å². The molecule has 0 amide bonds. The van der Waals surface area contributed by atoms with Gasteiger partial charge in [-0.15, -0.1) is 0 Å². The Morgan fingerprint density at radius 2 is 1.30 bits per heavy atom. The summed E-state index contributed by atoms with van der Waals surface area (Å²) in [5.41, 5.74) is 0.976. The molecule has 3 aliphatic heterocycles. The molecular formula is C14H17Br4GeNO3. The summed E-state index contributed by atoms with van der Waals surface area (Å²) < 4.78 is 20.9. The van der Waals surface area contributed by atoms with Gasteiger partial charge in [0.05, 0.1) is 0 Å². The van der Waals surface area contributed by atoms with Crippen LogP contribution in [0.1, 0.15) is 5.56 Å². The van der Waals surface area contributed by atoms with Crippen LogP contribution in [0, 0.1) is 10.7 Å². The van der Waals surface area contributed by atoms with E-state index in [1.54, 1.807) is 0 Å². The molecule has 1 aromatic rings. The summed E-state index contributed by atoms with van der Waals surface area (Å²) in [6, 6.07) is 9.91. The van der Waals surface area contributed by atoms with E-state index in [1.807, 2.05) is 30.3 Å². The van der Waals surface area contributed by atoms with Crippen LogP contribution < -0.4 is 0 Å². The van der Waals surface area contributed by atoms with Gasteiger partial charge in [-0.25, -0.2) is 0 Å². The molecule has 3 heterocycles. The van der Waals surface area contributed by atoms with Crippen molar-refractivity contribution in [3.8, 4) is 10.7 Å². The van der Waals surface area contributed by atoms with Crippen molar-refractivity contribution >= 4 is 70.8 Å². The van der Waals surface area contributed by atoms with E-state index in [2.05, 4.69) is 72.1 Å². The first-order valence-electron chi connectivity index (χ1n) is 6.87. The zero-order chi connectivity index (χ0) is 17.0. The van der Waals surface area contributed by atoms with E-state index in [0.29, 0.717) is 19.8 Å². The summed E-state index contributed by atoms with van der Waals surface area (Å²) >= 11 is 7.64. The molecular weight excluding hydrogens is 622 g/mol. The maximum atomic E-state index is 5.89. The SMILES string of the molecule is BrBr.BrBr.C(#[C][Ge]12[O]CCN(CC[O]1)CC[O]2)c1ccccc1. The van der Waals surface area contributed by atoms with Gasteiger partial charge in [-0.3, -0.25) is 0 Å². The van der Waals surface area contributed by atoms with Crippen LogP contribution in [0.2, 0.25) is 0 Å². The maximum absolute atomic E-state index is 5.89. The summed E-state index contributed by atoms with van der Waals surface area (Å²) in [4.78, 5) is 2.30. The van der Waals surface area contributed by atoms with Crippen molar-refractivity contribution in [3.63, 3.8) is 0 Å². The molecule has 3 fully saturated rings. The second kappa shape index (κ2) is 13.3. The van der Waals surface area contributed by atoms with Crippen LogP contribution >= 0.6 is 56.5 Å². The minimum atomic E-state index is -3.36.